The van der Waals surface area contributed by atoms with Crippen molar-refractivity contribution in [2.24, 2.45) is 17.3 Å². The second-order valence-electron chi connectivity index (χ2n) is 5.30. The fourth-order valence-electron chi connectivity index (χ4n) is 3.11. The van der Waals surface area contributed by atoms with Gasteiger partial charge >= 0.3 is 11.9 Å². The largest absolute Gasteiger partial charge is 0.469 e. The fourth-order valence-corrected chi connectivity index (χ4v) is 3.11. The van der Waals surface area contributed by atoms with Gasteiger partial charge in [-0.25, -0.2) is 0 Å². The number of esters is 2. The third-order valence-electron chi connectivity index (χ3n) is 4.31. The fraction of sp³-hybridized carbons (Fsp3) is 0.294. The monoisotopic (exact) mass is 284 g/mol. The molecule has 0 radical (unpaired) electrons. The summed E-state index contributed by atoms with van der Waals surface area (Å²) in [6, 6.07) is 7.91. The summed E-state index contributed by atoms with van der Waals surface area (Å²) in [5.41, 5.74) is 1.48. The summed E-state index contributed by atoms with van der Waals surface area (Å²) in [7, 11) is 2.67. The number of methoxy groups -OCH3 is 2. The number of carbonyl (C=O) groups excluding carboxylic acids is 2. The predicted octanol–water partition coefficient (Wildman–Crippen LogP) is 2.31. The van der Waals surface area contributed by atoms with Gasteiger partial charge in [0.15, 0.2) is 0 Å². The Hall–Kier alpha value is -2.36. The van der Waals surface area contributed by atoms with Gasteiger partial charge in [0.1, 0.15) is 0 Å². The van der Waals surface area contributed by atoms with Gasteiger partial charge in [0, 0.05) is 5.41 Å². The molecule has 3 rings (SSSR count). The zero-order chi connectivity index (χ0) is 15.0. The highest BCUT2D eigenvalue weighted by Crippen LogP contribution is 2.63. The SMILES string of the molecule is COC(=O)C1C(C(=O)OC)C12C=Cc1ccccc1C=C2. The number of hydrogen-bond acceptors (Lipinski definition) is 4. The number of carbonyl (C=O) groups is 2. The van der Waals surface area contributed by atoms with E-state index in [1.54, 1.807) is 0 Å². The van der Waals surface area contributed by atoms with Crippen LogP contribution in [0.1, 0.15) is 11.1 Å². The quantitative estimate of drug-likeness (QED) is 0.782. The first-order valence-corrected chi connectivity index (χ1v) is 6.77. The zero-order valence-corrected chi connectivity index (χ0v) is 11.9. The van der Waals surface area contributed by atoms with Gasteiger partial charge in [-0.2, -0.15) is 0 Å². The summed E-state index contributed by atoms with van der Waals surface area (Å²) in [4.78, 5) is 23.9. The van der Waals surface area contributed by atoms with Crippen molar-refractivity contribution in [1.82, 2.24) is 0 Å². The minimum absolute atomic E-state index is 0.384. The molecule has 0 saturated heterocycles. The van der Waals surface area contributed by atoms with Crippen molar-refractivity contribution < 1.29 is 19.1 Å². The van der Waals surface area contributed by atoms with Gasteiger partial charge in [0.25, 0.3) is 0 Å². The van der Waals surface area contributed by atoms with Gasteiger partial charge in [-0.15, -0.1) is 0 Å². The average molecular weight is 284 g/mol. The van der Waals surface area contributed by atoms with E-state index < -0.39 is 17.3 Å². The first kappa shape index (κ1) is 13.6. The van der Waals surface area contributed by atoms with E-state index in [0.29, 0.717) is 0 Å². The normalized spacial score (nSPS) is 24.1. The molecule has 0 amide bonds. The molecule has 1 aromatic carbocycles. The molecule has 108 valence electrons. The van der Waals surface area contributed by atoms with Crippen molar-refractivity contribution in [2.75, 3.05) is 14.2 Å². The molecule has 4 nitrogen and oxygen atoms in total. The Balaban J connectivity index is 2.02. The molecule has 1 fully saturated rings. The molecule has 21 heavy (non-hydrogen) atoms. The molecule has 1 spiro atoms. The van der Waals surface area contributed by atoms with E-state index in [1.807, 2.05) is 48.6 Å². The molecule has 2 aliphatic rings. The Morgan fingerprint density at radius 1 is 0.905 bits per heavy atom. The van der Waals surface area contributed by atoms with Crippen molar-refractivity contribution in [3.8, 4) is 0 Å². The van der Waals surface area contributed by atoms with Crippen LogP contribution in [0.5, 0.6) is 0 Å². The molecule has 0 N–H and O–H groups in total. The smallest absolute Gasteiger partial charge is 0.310 e. The Morgan fingerprint density at radius 3 is 1.71 bits per heavy atom. The summed E-state index contributed by atoms with van der Waals surface area (Å²) < 4.78 is 9.66. The lowest BCUT2D eigenvalue weighted by atomic mass is 10.0. The van der Waals surface area contributed by atoms with Gasteiger partial charge < -0.3 is 9.47 Å². The van der Waals surface area contributed by atoms with Crippen molar-refractivity contribution in [3.05, 3.63) is 47.5 Å². The molecular weight excluding hydrogens is 268 g/mol. The van der Waals surface area contributed by atoms with Crippen LogP contribution in [0.2, 0.25) is 0 Å². The first-order valence-electron chi connectivity index (χ1n) is 6.77. The van der Waals surface area contributed by atoms with E-state index in [9.17, 15) is 9.59 Å². The number of fused-ring (bicyclic) bond motifs is 1. The standard InChI is InChI=1S/C17H16O4/c1-20-15(18)13-14(16(19)21-2)17(13)9-7-11-5-3-4-6-12(11)8-10-17/h3-10,13-14H,1-2H3. The maximum atomic E-state index is 12.0. The highest BCUT2D eigenvalue weighted by atomic mass is 16.5. The minimum Gasteiger partial charge on any atom is -0.469 e. The molecule has 0 bridgehead atoms. The summed E-state index contributed by atoms with van der Waals surface area (Å²) >= 11 is 0. The second kappa shape index (κ2) is 4.88. The molecule has 1 saturated carbocycles. The maximum Gasteiger partial charge on any atom is 0.310 e. The van der Waals surface area contributed by atoms with E-state index in [1.165, 1.54) is 14.2 Å². The summed E-state index contributed by atoms with van der Waals surface area (Å²) in [6.07, 6.45) is 7.74. The van der Waals surface area contributed by atoms with E-state index in [-0.39, 0.29) is 11.9 Å². The van der Waals surface area contributed by atoms with Crippen molar-refractivity contribution >= 4 is 24.1 Å². The lowest BCUT2D eigenvalue weighted by Gasteiger charge is -2.05. The van der Waals surface area contributed by atoms with Crippen LogP contribution in [0.4, 0.5) is 0 Å². The molecule has 0 aliphatic heterocycles. The molecule has 1 aromatic rings. The number of allylic oxidation sites excluding steroid dienone is 2. The number of ether oxygens (including phenoxy) is 2. The van der Waals surface area contributed by atoms with E-state index in [4.69, 9.17) is 9.47 Å². The Kier molecular flexibility index (Phi) is 3.16. The highest BCUT2D eigenvalue weighted by Gasteiger charge is 2.70. The minimum atomic E-state index is -0.640. The molecule has 2 atom stereocenters. The lowest BCUT2D eigenvalue weighted by molar-refractivity contribution is -0.148. The van der Waals surface area contributed by atoms with E-state index in [0.717, 1.165) is 11.1 Å². The molecule has 2 aliphatic carbocycles. The Morgan fingerprint density at radius 2 is 1.33 bits per heavy atom. The number of rotatable bonds is 2. The van der Waals surface area contributed by atoms with Gasteiger partial charge in [-0.05, 0) is 11.1 Å². The molecule has 2 unspecified atom stereocenters. The summed E-state index contributed by atoms with van der Waals surface area (Å²) in [6.45, 7) is 0. The maximum absolute atomic E-state index is 12.0. The van der Waals surface area contributed by atoms with Crippen LogP contribution in [0, 0.1) is 17.3 Å². The third-order valence-corrected chi connectivity index (χ3v) is 4.31. The van der Waals surface area contributed by atoms with Crippen LogP contribution < -0.4 is 0 Å². The van der Waals surface area contributed by atoms with E-state index in [2.05, 4.69) is 0 Å². The van der Waals surface area contributed by atoms with Gasteiger partial charge in [0.05, 0.1) is 26.1 Å². The van der Waals surface area contributed by atoms with Crippen LogP contribution in [-0.2, 0) is 19.1 Å². The van der Waals surface area contributed by atoms with E-state index >= 15 is 0 Å². The molecular formula is C17H16O4. The first-order chi connectivity index (χ1) is 10.1. The molecule has 0 heterocycles. The Bertz CT molecular complexity index is 600. The van der Waals surface area contributed by atoms with Crippen LogP contribution in [-0.4, -0.2) is 26.2 Å². The summed E-state index contributed by atoms with van der Waals surface area (Å²) in [5.74, 6) is -1.80. The van der Waals surface area contributed by atoms with Crippen molar-refractivity contribution in [1.29, 1.82) is 0 Å². The molecule has 0 aromatic heterocycles. The van der Waals surface area contributed by atoms with Crippen LogP contribution in [0.25, 0.3) is 12.2 Å². The van der Waals surface area contributed by atoms with Gasteiger partial charge in [0.2, 0.25) is 0 Å². The highest BCUT2D eigenvalue weighted by molar-refractivity contribution is 5.93. The predicted molar refractivity (Wildman–Crippen MR) is 78.0 cm³/mol. The van der Waals surface area contributed by atoms with Gasteiger partial charge in [-0.3, -0.25) is 9.59 Å². The zero-order valence-electron chi connectivity index (χ0n) is 11.9. The van der Waals surface area contributed by atoms with Gasteiger partial charge in [-0.1, -0.05) is 48.6 Å². The van der Waals surface area contributed by atoms with Crippen LogP contribution >= 0.6 is 0 Å². The van der Waals surface area contributed by atoms with Crippen molar-refractivity contribution in [2.45, 2.75) is 0 Å². The third kappa shape index (κ3) is 1.98. The lowest BCUT2D eigenvalue weighted by Crippen LogP contribution is -2.10. The van der Waals surface area contributed by atoms with Crippen LogP contribution in [0.15, 0.2) is 36.4 Å². The van der Waals surface area contributed by atoms with Crippen molar-refractivity contribution in [3.63, 3.8) is 0 Å². The summed E-state index contributed by atoms with van der Waals surface area (Å²) in [5, 5.41) is 0. The second-order valence-corrected chi connectivity index (χ2v) is 5.30. The molecule has 4 heteroatoms. The Labute approximate surface area is 123 Å². The number of hydrogen-bond donors (Lipinski definition) is 0. The number of benzene rings is 1. The average Bonchev–Trinajstić information content (AvgIpc) is 3.23. The topological polar surface area (TPSA) is 52.6 Å². The van der Waals surface area contributed by atoms with Crippen LogP contribution in [0.3, 0.4) is 0 Å².